The van der Waals surface area contributed by atoms with Crippen molar-refractivity contribution in [1.82, 2.24) is 4.57 Å². The molecule has 1 aromatic heterocycles. The highest BCUT2D eigenvalue weighted by atomic mass is 15.1. The maximum absolute atomic E-state index is 2.36. The van der Waals surface area contributed by atoms with E-state index in [0.717, 1.165) is 19.4 Å². The third-order valence-electron chi connectivity index (χ3n) is 3.71. The van der Waals surface area contributed by atoms with Gasteiger partial charge < -0.3 is 0 Å². The smallest absolute Gasteiger partial charge is 0.234 e. The number of nitrogens with zero attached hydrogens (tertiary/aromatic N) is 2. The van der Waals surface area contributed by atoms with Gasteiger partial charge in [-0.3, -0.25) is 0 Å². The summed E-state index contributed by atoms with van der Waals surface area (Å²) in [6, 6.07) is 21.2. The van der Waals surface area contributed by atoms with Crippen LogP contribution in [-0.4, -0.2) is 4.57 Å². The number of hydrogen-bond donors (Lipinski definition) is 0. The minimum Gasteiger partial charge on any atom is -0.234 e. The van der Waals surface area contributed by atoms with Gasteiger partial charge in [0.1, 0.15) is 18.1 Å². The van der Waals surface area contributed by atoms with E-state index in [0.29, 0.717) is 0 Å². The first-order valence-corrected chi connectivity index (χ1v) is 7.57. The first-order chi connectivity index (χ1) is 10.4. The van der Waals surface area contributed by atoms with Crippen molar-refractivity contribution < 1.29 is 4.57 Å². The van der Waals surface area contributed by atoms with Gasteiger partial charge in [-0.2, -0.15) is 4.57 Å². The molecule has 0 atom stereocenters. The fourth-order valence-electron chi connectivity index (χ4n) is 2.69. The maximum Gasteiger partial charge on any atom is 0.266 e. The number of para-hydroxylation sites is 1. The van der Waals surface area contributed by atoms with Crippen molar-refractivity contribution in [1.29, 1.82) is 0 Å². The van der Waals surface area contributed by atoms with Crippen LogP contribution < -0.4 is 4.57 Å². The number of aryl methyl sites for hydroxylation is 1. The zero-order chi connectivity index (χ0) is 14.5. The molecule has 0 aliphatic heterocycles. The summed E-state index contributed by atoms with van der Waals surface area (Å²) in [5, 5.41) is 0. The fraction of sp³-hybridized carbons (Fsp3) is 0.211. The number of aromatic nitrogens is 2. The normalized spacial score (nSPS) is 10.7. The van der Waals surface area contributed by atoms with Crippen molar-refractivity contribution in [2.24, 2.45) is 0 Å². The Morgan fingerprint density at radius 1 is 0.905 bits per heavy atom. The molecule has 0 saturated heterocycles. The van der Waals surface area contributed by atoms with Crippen LogP contribution >= 0.6 is 0 Å². The molecule has 0 amide bonds. The van der Waals surface area contributed by atoms with E-state index in [2.05, 4.69) is 89.1 Å². The van der Waals surface area contributed by atoms with E-state index in [1.807, 2.05) is 0 Å². The molecular formula is C19H21N2+. The lowest BCUT2D eigenvalue weighted by Crippen LogP contribution is -2.37. The minimum atomic E-state index is 0.947. The SMILES string of the molecule is CCC[n+]1ccn(-c2ccccc2)c1Cc1ccccc1. The standard InChI is InChI=1S/C19H21N2/c1-2-13-20-14-15-21(18-11-7-4-8-12-18)19(20)16-17-9-5-3-6-10-17/h3-12,14-15H,2,13,16H2,1H3/q+1. The molecule has 3 aromatic rings. The molecule has 2 heteroatoms. The summed E-state index contributed by atoms with van der Waals surface area (Å²) in [7, 11) is 0. The molecule has 21 heavy (non-hydrogen) atoms. The summed E-state index contributed by atoms with van der Waals surface area (Å²) < 4.78 is 4.66. The second-order valence-corrected chi connectivity index (χ2v) is 5.28. The van der Waals surface area contributed by atoms with E-state index in [1.165, 1.54) is 17.1 Å². The zero-order valence-corrected chi connectivity index (χ0v) is 12.4. The van der Waals surface area contributed by atoms with E-state index >= 15 is 0 Å². The number of rotatable bonds is 5. The summed E-state index contributed by atoms with van der Waals surface area (Å²) in [6.45, 7) is 3.28. The van der Waals surface area contributed by atoms with Crippen molar-refractivity contribution >= 4 is 0 Å². The minimum absolute atomic E-state index is 0.947. The van der Waals surface area contributed by atoms with Crippen LogP contribution in [0.25, 0.3) is 5.69 Å². The monoisotopic (exact) mass is 277 g/mol. The van der Waals surface area contributed by atoms with Crippen LogP contribution in [0.5, 0.6) is 0 Å². The molecule has 0 bridgehead atoms. The molecule has 0 aliphatic carbocycles. The van der Waals surface area contributed by atoms with Crippen molar-refractivity contribution in [3.05, 3.63) is 84.4 Å². The lowest BCUT2D eigenvalue weighted by molar-refractivity contribution is -0.703. The van der Waals surface area contributed by atoms with Crippen LogP contribution in [0, 0.1) is 0 Å². The van der Waals surface area contributed by atoms with Gasteiger partial charge in [-0.1, -0.05) is 55.5 Å². The van der Waals surface area contributed by atoms with Crippen molar-refractivity contribution in [2.45, 2.75) is 26.3 Å². The number of hydrogen-bond acceptors (Lipinski definition) is 0. The largest absolute Gasteiger partial charge is 0.266 e. The third kappa shape index (κ3) is 3.05. The van der Waals surface area contributed by atoms with Crippen molar-refractivity contribution in [3.63, 3.8) is 0 Å². The molecule has 0 fully saturated rings. The predicted octanol–water partition coefficient (Wildman–Crippen LogP) is 3.77. The Kier molecular flexibility index (Phi) is 4.15. The molecule has 0 unspecified atom stereocenters. The molecule has 106 valence electrons. The van der Waals surface area contributed by atoms with Crippen LogP contribution in [0.3, 0.4) is 0 Å². The highest BCUT2D eigenvalue weighted by Gasteiger charge is 2.18. The molecule has 0 spiro atoms. The average Bonchev–Trinajstić information content (AvgIpc) is 2.92. The van der Waals surface area contributed by atoms with E-state index in [4.69, 9.17) is 0 Å². The zero-order valence-electron chi connectivity index (χ0n) is 12.4. The van der Waals surface area contributed by atoms with Gasteiger partial charge in [0, 0.05) is 0 Å². The van der Waals surface area contributed by atoms with Crippen molar-refractivity contribution in [3.8, 4) is 5.69 Å². The third-order valence-corrected chi connectivity index (χ3v) is 3.71. The van der Waals surface area contributed by atoms with Gasteiger partial charge in [0.25, 0.3) is 5.82 Å². The van der Waals surface area contributed by atoms with E-state index < -0.39 is 0 Å². The first kappa shape index (κ1) is 13.6. The molecule has 2 nitrogen and oxygen atoms in total. The van der Waals surface area contributed by atoms with E-state index in [1.54, 1.807) is 0 Å². The van der Waals surface area contributed by atoms with Gasteiger partial charge in [-0.05, 0) is 24.1 Å². The molecule has 3 rings (SSSR count). The van der Waals surface area contributed by atoms with E-state index in [-0.39, 0.29) is 0 Å². The molecule has 0 saturated carbocycles. The summed E-state index contributed by atoms with van der Waals surface area (Å²) >= 11 is 0. The number of imidazole rings is 1. The van der Waals surface area contributed by atoms with E-state index in [9.17, 15) is 0 Å². The van der Waals surface area contributed by atoms with Gasteiger partial charge in [-0.15, -0.1) is 0 Å². The molecule has 0 radical (unpaired) electrons. The Bertz CT molecular complexity index is 684. The van der Waals surface area contributed by atoms with Gasteiger partial charge in [0.15, 0.2) is 0 Å². The van der Waals surface area contributed by atoms with Gasteiger partial charge >= 0.3 is 0 Å². The summed E-state index contributed by atoms with van der Waals surface area (Å²) in [5.41, 5.74) is 2.57. The van der Waals surface area contributed by atoms with Gasteiger partial charge in [0.05, 0.1) is 13.0 Å². The van der Waals surface area contributed by atoms with Crippen LogP contribution in [0.1, 0.15) is 24.7 Å². The van der Waals surface area contributed by atoms with Crippen LogP contribution in [0.15, 0.2) is 73.1 Å². The van der Waals surface area contributed by atoms with Crippen LogP contribution in [-0.2, 0) is 13.0 Å². The fourth-order valence-corrected chi connectivity index (χ4v) is 2.69. The predicted molar refractivity (Wildman–Crippen MR) is 85.5 cm³/mol. The molecule has 0 aliphatic rings. The molecule has 2 aromatic carbocycles. The van der Waals surface area contributed by atoms with Crippen LogP contribution in [0.2, 0.25) is 0 Å². The first-order valence-electron chi connectivity index (χ1n) is 7.57. The quantitative estimate of drug-likeness (QED) is 0.628. The Labute approximate surface area is 126 Å². The molecule has 0 N–H and O–H groups in total. The van der Waals surface area contributed by atoms with Crippen LogP contribution in [0.4, 0.5) is 0 Å². The Morgan fingerprint density at radius 2 is 1.57 bits per heavy atom. The Hall–Kier alpha value is -2.35. The Balaban J connectivity index is 2.01. The second kappa shape index (κ2) is 6.40. The summed E-state index contributed by atoms with van der Waals surface area (Å²) in [5.74, 6) is 1.33. The van der Waals surface area contributed by atoms with Crippen molar-refractivity contribution in [2.75, 3.05) is 0 Å². The Morgan fingerprint density at radius 3 is 2.24 bits per heavy atom. The topological polar surface area (TPSA) is 8.81 Å². The summed E-state index contributed by atoms with van der Waals surface area (Å²) in [4.78, 5) is 0. The van der Waals surface area contributed by atoms with Gasteiger partial charge in [-0.25, -0.2) is 4.57 Å². The average molecular weight is 277 g/mol. The lowest BCUT2D eigenvalue weighted by Gasteiger charge is -2.05. The highest BCUT2D eigenvalue weighted by Crippen LogP contribution is 2.13. The number of benzene rings is 2. The second-order valence-electron chi connectivity index (χ2n) is 5.28. The lowest BCUT2D eigenvalue weighted by atomic mass is 10.1. The molecular weight excluding hydrogens is 256 g/mol. The summed E-state index contributed by atoms with van der Waals surface area (Å²) in [6.07, 6.45) is 6.45. The maximum atomic E-state index is 2.36. The molecule has 1 heterocycles. The highest BCUT2D eigenvalue weighted by molar-refractivity contribution is 5.33. The van der Waals surface area contributed by atoms with Gasteiger partial charge in [0.2, 0.25) is 0 Å².